The smallest absolute Gasteiger partial charge is 0.350 e. The van der Waals surface area contributed by atoms with Gasteiger partial charge in [-0.1, -0.05) is 26.7 Å². The lowest BCUT2D eigenvalue weighted by atomic mass is 9.98. The summed E-state index contributed by atoms with van der Waals surface area (Å²) in [6.07, 6.45) is 6.48. The van der Waals surface area contributed by atoms with E-state index in [1.807, 2.05) is 0 Å². The summed E-state index contributed by atoms with van der Waals surface area (Å²) in [5.41, 5.74) is 0. The van der Waals surface area contributed by atoms with Gasteiger partial charge in [-0.05, 0) is 25.7 Å². The lowest BCUT2D eigenvalue weighted by Crippen LogP contribution is -2.53. The molecule has 128 valence electrons. The molecule has 0 aromatic rings. The van der Waals surface area contributed by atoms with Crippen LogP contribution in [0.15, 0.2) is 0 Å². The topological polar surface area (TPSA) is 46.8 Å². The fourth-order valence-corrected chi connectivity index (χ4v) is 3.14. The molecule has 1 aliphatic rings. The number of hydrogen-bond donors (Lipinski definition) is 1. The highest BCUT2D eigenvalue weighted by atomic mass is 16.4. The van der Waals surface area contributed by atoms with Gasteiger partial charge >= 0.3 is 11.9 Å². The van der Waals surface area contributed by atoms with Gasteiger partial charge in [-0.15, -0.1) is 0 Å². The lowest BCUT2D eigenvalue weighted by Gasteiger charge is -2.33. The van der Waals surface area contributed by atoms with Crippen molar-refractivity contribution >= 4 is 11.9 Å². The van der Waals surface area contributed by atoms with Crippen LogP contribution in [0.5, 0.6) is 0 Å². The second-order valence-electron chi connectivity index (χ2n) is 6.51. The standard InChI is InChI=1S/C17H33N3O2/c1-5-7-11-19(12-8-6-2)17(18(3)4)20-13-9-10-15(14-20)16(21)22/h15H,5-14H2,1-4H3/p+1. The fourth-order valence-electron chi connectivity index (χ4n) is 3.14. The fraction of sp³-hybridized carbons (Fsp3) is 0.882. The Hall–Kier alpha value is -1.26. The van der Waals surface area contributed by atoms with Gasteiger partial charge in [-0.3, -0.25) is 19.2 Å². The third-order valence-corrected chi connectivity index (χ3v) is 4.30. The summed E-state index contributed by atoms with van der Waals surface area (Å²) >= 11 is 0. The molecule has 0 aromatic heterocycles. The molecule has 1 heterocycles. The Morgan fingerprint density at radius 3 is 2.27 bits per heavy atom. The zero-order valence-electron chi connectivity index (χ0n) is 14.8. The first kappa shape index (κ1) is 18.8. The normalized spacial score (nSPS) is 18.2. The number of unbranched alkanes of at least 4 members (excludes halogenated alkanes) is 2. The van der Waals surface area contributed by atoms with Gasteiger partial charge in [0, 0.05) is 0 Å². The van der Waals surface area contributed by atoms with Crippen LogP contribution < -0.4 is 0 Å². The Labute approximate surface area is 135 Å². The van der Waals surface area contributed by atoms with Crippen LogP contribution in [0.2, 0.25) is 0 Å². The summed E-state index contributed by atoms with van der Waals surface area (Å²) in [5.74, 6) is 0.312. The van der Waals surface area contributed by atoms with Crippen molar-refractivity contribution in [3.63, 3.8) is 0 Å². The number of rotatable bonds is 7. The van der Waals surface area contributed by atoms with E-state index in [-0.39, 0.29) is 5.92 Å². The highest BCUT2D eigenvalue weighted by molar-refractivity contribution is 5.77. The van der Waals surface area contributed by atoms with Crippen molar-refractivity contribution in [2.24, 2.45) is 5.92 Å². The molecule has 5 nitrogen and oxygen atoms in total. The monoisotopic (exact) mass is 312 g/mol. The molecular weight excluding hydrogens is 278 g/mol. The Bertz CT molecular complexity index is 370. The van der Waals surface area contributed by atoms with Crippen LogP contribution in [0.25, 0.3) is 0 Å². The van der Waals surface area contributed by atoms with Crippen LogP contribution in [0.1, 0.15) is 52.4 Å². The minimum atomic E-state index is -0.656. The Kier molecular flexibility index (Phi) is 8.28. The summed E-state index contributed by atoms with van der Waals surface area (Å²) < 4.78 is 2.16. The first-order chi connectivity index (χ1) is 10.5. The summed E-state index contributed by atoms with van der Waals surface area (Å²) in [4.78, 5) is 16.1. The molecule has 1 saturated heterocycles. The molecule has 1 rings (SSSR count). The summed E-state index contributed by atoms with van der Waals surface area (Å²) in [6, 6.07) is 0. The maximum Gasteiger partial charge on any atom is 0.350 e. The maximum atomic E-state index is 11.3. The Balaban J connectivity index is 2.88. The van der Waals surface area contributed by atoms with Crippen molar-refractivity contribution in [3.05, 3.63) is 0 Å². The molecule has 0 spiro atoms. The Morgan fingerprint density at radius 1 is 1.23 bits per heavy atom. The predicted octanol–water partition coefficient (Wildman–Crippen LogP) is 2.31. The van der Waals surface area contributed by atoms with Gasteiger partial charge in [0.2, 0.25) is 0 Å². The number of likely N-dealkylation sites (tertiary alicyclic amines) is 1. The van der Waals surface area contributed by atoms with Crippen LogP contribution in [0.3, 0.4) is 0 Å². The number of hydrogen-bond acceptors (Lipinski definition) is 1. The van der Waals surface area contributed by atoms with Crippen molar-refractivity contribution in [2.45, 2.75) is 52.4 Å². The average molecular weight is 312 g/mol. The summed E-state index contributed by atoms with van der Waals surface area (Å²) in [7, 11) is 4.15. The van der Waals surface area contributed by atoms with E-state index in [4.69, 9.17) is 0 Å². The highest BCUT2D eigenvalue weighted by Gasteiger charge is 2.34. The largest absolute Gasteiger partial charge is 0.481 e. The molecule has 0 bridgehead atoms. The minimum absolute atomic E-state index is 0.233. The van der Waals surface area contributed by atoms with E-state index in [2.05, 4.69) is 42.3 Å². The Morgan fingerprint density at radius 2 is 1.82 bits per heavy atom. The van der Waals surface area contributed by atoms with Crippen LogP contribution >= 0.6 is 0 Å². The van der Waals surface area contributed by atoms with Crippen LogP contribution in [-0.4, -0.2) is 71.7 Å². The second kappa shape index (κ2) is 9.70. The molecule has 5 heteroatoms. The molecule has 1 N–H and O–H groups in total. The molecular formula is C17H34N3O2+. The van der Waals surface area contributed by atoms with Gasteiger partial charge < -0.3 is 5.11 Å². The van der Waals surface area contributed by atoms with Gasteiger partial charge in [0.15, 0.2) is 0 Å². The molecule has 1 fully saturated rings. The first-order valence-electron chi connectivity index (χ1n) is 8.78. The van der Waals surface area contributed by atoms with Gasteiger partial charge in [0.1, 0.15) is 0 Å². The van der Waals surface area contributed by atoms with Gasteiger partial charge in [0.25, 0.3) is 0 Å². The zero-order valence-corrected chi connectivity index (χ0v) is 14.8. The predicted molar refractivity (Wildman–Crippen MR) is 90.4 cm³/mol. The van der Waals surface area contributed by atoms with Gasteiger partial charge in [-0.2, -0.15) is 0 Å². The first-order valence-corrected chi connectivity index (χ1v) is 8.78. The van der Waals surface area contributed by atoms with E-state index in [0.29, 0.717) is 6.54 Å². The third kappa shape index (κ3) is 5.50. The lowest BCUT2D eigenvalue weighted by molar-refractivity contribution is -0.476. The van der Waals surface area contributed by atoms with Gasteiger partial charge in [0.05, 0.1) is 46.2 Å². The van der Waals surface area contributed by atoms with Crippen molar-refractivity contribution in [3.8, 4) is 0 Å². The van der Waals surface area contributed by atoms with Crippen LogP contribution in [0, 0.1) is 5.92 Å². The van der Waals surface area contributed by atoms with E-state index in [1.165, 1.54) is 31.6 Å². The van der Waals surface area contributed by atoms with Crippen molar-refractivity contribution in [2.75, 3.05) is 40.3 Å². The maximum absolute atomic E-state index is 11.3. The SMILES string of the molecule is CCCCN(CCCC)C(N1CCCC(C(=O)O)C1)=[N+](C)C. The van der Waals surface area contributed by atoms with Crippen LogP contribution in [-0.2, 0) is 4.79 Å². The minimum Gasteiger partial charge on any atom is -0.481 e. The molecule has 0 aromatic carbocycles. The van der Waals surface area contributed by atoms with Crippen molar-refractivity contribution in [1.82, 2.24) is 9.80 Å². The molecule has 1 aliphatic heterocycles. The molecule has 1 atom stereocenters. The second-order valence-corrected chi connectivity index (χ2v) is 6.51. The third-order valence-electron chi connectivity index (χ3n) is 4.30. The van der Waals surface area contributed by atoms with Crippen molar-refractivity contribution < 1.29 is 14.5 Å². The number of nitrogens with zero attached hydrogens (tertiary/aromatic N) is 3. The van der Waals surface area contributed by atoms with E-state index in [0.717, 1.165) is 32.5 Å². The van der Waals surface area contributed by atoms with Crippen molar-refractivity contribution in [1.29, 1.82) is 0 Å². The molecule has 0 aliphatic carbocycles. The van der Waals surface area contributed by atoms with E-state index in [9.17, 15) is 9.90 Å². The van der Waals surface area contributed by atoms with Gasteiger partial charge in [-0.25, -0.2) is 0 Å². The number of guanidine groups is 1. The summed E-state index contributed by atoms with van der Waals surface area (Å²) in [6.45, 7) is 8.14. The number of aliphatic carboxylic acids is 1. The average Bonchev–Trinajstić information content (AvgIpc) is 2.49. The van der Waals surface area contributed by atoms with E-state index >= 15 is 0 Å². The molecule has 1 unspecified atom stereocenters. The number of carboxylic acids is 1. The van der Waals surface area contributed by atoms with E-state index < -0.39 is 5.97 Å². The summed E-state index contributed by atoms with van der Waals surface area (Å²) in [5, 5.41) is 9.33. The quantitative estimate of drug-likeness (QED) is 0.445. The number of carbonyl (C=O) groups is 1. The molecule has 22 heavy (non-hydrogen) atoms. The zero-order chi connectivity index (χ0) is 16.5. The molecule has 0 saturated carbocycles. The highest BCUT2D eigenvalue weighted by Crippen LogP contribution is 2.18. The number of piperidine rings is 1. The van der Waals surface area contributed by atoms with E-state index in [1.54, 1.807) is 0 Å². The molecule has 0 amide bonds. The van der Waals surface area contributed by atoms with Crippen LogP contribution in [0.4, 0.5) is 0 Å². The number of carboxylic acid groups (broad SMARTS) is 1. The molecule has 0 radical (unpaired) electrons.